The molecule has 0 aromatic carbocycles. The molecule has 1 nitrogen and oxygen atoms in total. The van der Waals surface area contributed by atoms with Crippen LogP contribution in [0.5, 0.6) is 0 Å². The molecule has 0 spiro atoms. The zero-order valence-corrected chi connectivity index (χ0v) is 12.4. The third kappa shape index (κ3) is 2.61. The van der Waals surface area contributed by atoms with Crippen LogP contribution in [0.15, 0.2) is 11.3 Å². The average Bonchev–Trinajstić information content (AvgIpc) is 2.43. The van der Waals surface area contributed by atoms with Gasteiger partial charge in [-0.25, -0.2) is 0 Å². The maximum absolute atomic E-state index is 2.61. The van der Waals surface area contributed by atoms with E-state index in [9.17, 15) is 0 Å². The topological polar surface area (TPSA) is 3.24 Å². The van der Waals surface area contributed by atoms with Gasteiger partial charge in [0.1, 0.15) is 0 Å². The summed E-state index contributed by atoms with van der Waals surface area (Å²) in [5.41, 5.74) is 3.84. The summed E-state index contributed by atoms with van der Waals surface area (Å²) in [6, 6.07) is 0. The van der Waals surface area contributed by atoms with Crippen LogP contribution in [0.25, 0.3) is 0 Å². The Bertz CT molecular complexity index is 284. The van der Waals surface area contributed by atoms with E-state index in [2.05, 4.69) is 60.3 Å². The molecule has 0 bridgehead atoms. The second-order valence-corrected chi connectivity index (χ2v) is 7.34. The van der Waals surface area contributed by atoms with Crippen molar-refractivity contribution in [3.05, 3.63) is 11.3 Å². The molecule has 0 aliphatic carbocycles. The molecule has 0 atom stereocenters. The number of nitrogens with zero attached hydrogens (tertiary/aromatic N) is 1. The Kier molecular flexibility index (Phi) is 3.47. The summed E-state index contributed by atoms with van der Waals surface area (Å²) >= 11 is 0. The zero-order chi connectivity index (χ0) is 12.7. The standard InChI is InChI=1S/C15H29N/c1-11(2)13-12(14(3,4)5)9-10-16(13)15(6,7)8/h11H,9-10H2,1-8H3. The third-order valence-corrected chi connectivity index (χ3v) is 3.45. The smallest absolute Gasteiger partial charge is 0.0315 e. The van der Waals surface area contributed by atoms with E-state index in [0.29, 0.717) is 11.3 Å². The lowest BCUT2D eigenvalue weighted by atomic mass is 9.82. The van der Waals surface area contributed by atoms with Crippen LogP contribution in [-0.4, -0.2) is 17.0 Å². The fourth-order valence-corrected chi connectivity index (χ4v) is 2.75. The van der Waals surface area contributed by atoms with Crippen LogP contribution in [0.3, 0.4) is 0 Å². The Balaban J connectivity index is 3.18. The van der Waals surface area contributed by atoms with Gasteiger partial charge < -0.3 is 4.90 Å². The molecule has 0 amide bonds. The lowest BCUT2D eigenvalue weighted by Crippen LogP contribution is -2.40. The maximum atomic E-state index is 2.61. The second-order valence-electron chi connectivity index (χ2n) is 7.34. The number of rotatable bonds is 1. The number of hydrogen-bond donors (Lipinski definition) is 0. The van der Waals surface area contributed by atoms with Gasteiger partial charge in [0.15, 0.2) is 0 Å². The fourth-order valence-electron chi connectivity index (χ4n) is 2.75. The quantitative estimate of drug-likeness (QED) is 0.635. The molecule has 1 aliphatic rings. The predicted octanol–water partition coefficient (Wildman–Crippen LogP) is 4.45. The van der Waals surface area contributed by atoms with Crippen molar-refractivity contribution in [2.75, 3.05) is 6.54 Å². The van der Waals surface area contributed by atoms with Gasteiger partial charge in [-0.1, -0.05) is 34.6 Å². The number of allylic oxidation sites excluding steroid dienone is 1. The fraction of sp³-hybridized carbons (Fsp3) is 0.867. The Morgan fingerprint density at radius 2 is 1.50 bits per heavy atom. The van der Waals surface area contributed by atoms with Crippen LogP contribution in [-0.2, 0) is 0 Å². The van der Waals surface area contributed by atoms with E-state index in [0.717, 1.165) is 0 Å². The van der Waals surface area contributed by atoms with Gasteiger partial charge in [0.2, 0.25) is 0 Å². The molecule has 0 fully saturated rings. The van der Waals surface area contributed by atoms with E-state index in [-0.39, 0.29) is 5.54 Å². The van der Waals surface area contributed by atoms with Crippen molar-refractivity contribution in [1.82, 2.24) is 4.90 Å². The molecule has 0 N–H and O–H groups in total. The van der Waals surface area contributed by atoms with Gasteiger partial charge in [-0.15, -0.1) is 0 Å². The van der Waals surface area contributed by atoms with Gasteiger partial charge >= 0.3 is 0 Å². The lowest BCUT2D eigenvalue weighted by Gasteiger charge is -2.38. The van der Waals surface area contributed by atoms with Crippen molar-refractivity contribution in [2.24, 2.45) is 11.3 Å². The van der Waals surface area contributed by atoms with Crippen LogP contribution in [0, 0.1) is 11.3 Å². The van der Waals surface area contributed by atoms with Crippen LogP contribution in [0.2, 0.25) is 0 Å². The molecule has 94 valence electrons. The van der Waals surface area contributed by atoms with Crippen molar-refractivity contribution in [3.63, 3.8) is 0 Å². The molecular formula is C15H29N. The lowest BCUT2D eigenvalue weighted by molar-refractivity contribution is 0.186. The molecule has 0 aromatic heterocycles. The van der Waals surface area contributed by atoms with E-state index >= 15 is 0 Å². The normalized spacial score (nSPS) is 18.9. The van der Waals surface area contributed by atoms with Gasteiger partial charge in [0.05, 0.1) is 0 Å². The predicted molar refractivity (Wildman–Crippen MR) is 72.4 cm³/mol. The second kappa shape index (κ2) is 4.09. The van der Waals surface area contributed by atoms with Crippen LogP contribution >= 0.6 is 0 Å². The Morgan fingerprint density at radius 3 is 1.81 bits per heavy atom. The molecule has 0 aromatic rings. The summed E-state index contributed by atoms with van der Waals surface area (Å²) in [6.07, 6.45) is 1.24. The summed E-state index contributed by atoms with van der Waals surface area (Å²) in [6.45, 7) is 19.8. The summed E-state index contributed by atoms with van der Waals surface area (Å²) in [5, 5.41) is 0. The molecule has 0 radical (unpaired) electrons. The SMILES string of the molecule is CC(C)C1=C(C(C)(C)C)CCN1C(C)(C)C. The van der Waals surface area contributed by atoms with Crippen molar-refractivity contribution < 1.29 is 0 Å². The zero-order valence-electron chi connectivity index (χ0n) is 12.4. The minimum absolute atomic E-state index is 0.257. The Hall–Kier alpha value is -0.460. The first-order chi connectivity index (χ1) is 7.05. The summed E-state index contributed by atoms with van der Waals surface area (Å²) in [5.74, 6) is 0.635. The van der Waals surface area contributed by atoms with Gasteiger partial charge in [-0.05, 0) is 44.1 Å². The maximum Gasteiger partial charge on any atom is 0.0315 e. The monoisotopic (exact) mass is 223 g/mol. The molecule has 1 heteroatoms. The molecular weight excluding hydrogens is 194 g/mol. The van der Waals surface area contributed by atoms with E-state index in [4.69, 9.17) is 0 Å². The van der Waals surface area contributed by atoms with E-state index in [1.165, 1.54) is 13.0 Å². The molecule has 1 aliphatic heterocycles. The van der Waals surface area contributed by atoms with Gasteiger partial charge in [-0.3, -0.25) is 0 Å². The third-order valence-electron chi connectivity index (χ3n) is 3.45. The van der Waals surface area contributed by atoms with Gasteiger partial charge in [0, 0.05) is 17.8 Å². The first kappa shape index (κ1) is 13.6. The molecule has 16 heavy (non-hydrogen) atoms. The molecule has 0 unspecified atom stereocenters. The van der Waals surface area contributed by atoms with Crippen molar-refractivity contribution >= 4 is 0 Å². The average molecular weight is 223 g/mol. The van der Waals surface area contributed by atoms with E-state index in [1.54, 1.807) is 11.3 Å². The molecule has 1 rings (SSSR count). The minimum atomic E-state index is 0.257. The van der Waals surface area contributed by atoms with Gasteiger partial charge in [-0.2, -0.15) is 0 Å². The highest BCUT2D eigenvalue weighted by Crippen LogP contribution is 2.42. The van der Waals surface area contributed by atoms with Gasteiger partial charge in [0.25, 0.3) is 0 Å². The van der Waals surface area contributed by atoms with Crippen LogP contribution < -0.4 is 0 Å². The molecule has 1 heterocycles. The highest BCUT2D eigenvalue weighted by Gasteiger charge is 2.35. The number of hydrogen-bond acceptors (Lipinski definition) is 1. The molecule has 0 saturated heterocycles. The highest BCUT2D eigenvalue weighted by molar-refractivity contribution is 5.27. The molecule has 0 saturated carbocycles. The van der Waals surface area contributed by atoms with Crippen molar-refractivity contribution in [1.29, 1.82) is 0 Å². The summed E-state index contributed by atoms with van der Waals surface area (Å²) < 4.78 is 0. The Labute approximate surface area is 102 Å². The first-order valence-electron chi connectivity index (χ1n) is 6.56. The van der Waals surface area contributed by atoms with E-state index in [1.807, 2.05) is 0 Å². The largest absolute Gasteiger partial charge is 0.369 e. The Morgan fingerprint density at radius 1 is 1.00 bits per heavy atom. The van der Waals surface area contributed by atoms with E-state index < -0.39 is 0 Å². The minimum Gasteiger partial charge on any atom is -0.369 e. The summed E-state index contributed by atoms with van der Waals surface area (Å²) in [7, 11) is 0. The van der Waals surface area contributed by atoms with Crippen LogP contribution in [0.1, 0.15) is 61.8 Å². The van der Waals surface area contributed by atoms with Crippen LogP contribution in [0.4, 0.5) is 0 Å². The summed E-state index contributed by atoms with van der Waals surface area (Å²) in [4.78, 5) is 2.61. The van der Waals surface area contributed by atoms with Crippen molar-refractivity contribution in [3.8, 4) is 0 Å². The first-order valence-corrected chi connectivity index (χ1v) is 6.56. The highest BCUT2D eigenvalue weighted by atomic mass is 15.2. The van der Waals surface area contributed by atoms with Crippen molar-refractivity contribution in [2.45, 2.75) is 67.3 Å².